The fourth-order valence-electron chi connectivity index (χ4n) is 5.96. The van der Waals surface area contributed by atoms with Gasteiger partial charge in [0.25, 0.3) is 0 Å². The highest BCUT2D eigenvalue weighted by atomic mass is 79.9. The minimum atomic E-state index is -0.553. The molecule has 6 nitrogen and oxygen atoms in total. The number of Topliss-reactive ketones (excluding diaryl/α,β-unsaturated/α-hetero) is 1. The van der Waals surface area contributed by atoms with Gasteiger partial charge < -0.3 is 19.5 Å². The van der Waals surface area contributed by atoms with Gasteiger partial charge in [-0.05, 0) is 68.2 Å². The van der Waals surface area contributed by atoms with Crippen LogP contribution in [0.4, 0.5) is 0 Å². The summed E-state index contributed by atoms with van der Waals surface area (Å²) in [5.41, 5.74) is 4.69. The number of esters is 1. The van der Waals surface area contributed by atoms with Crippen LogP contribution in [0.2, 0.25) is 0 Å². The van der Waals surface area contributed by atoms with E-state index >= 15 is 0 Å². The number of halogens is 1. The number of hydrogen-bond acceptors (Lipinski definition) is 6. The van der Waals surface area contributed by atoms with E-state index in [-0.39, 0.29) is 30.6 Å². The van der Waals surface area contributed by atoms with Gasteiger partial charge in [-0.1, -0.05) is 46.3 Å². The number of dihydropyridines is 1. The van der Waals surface area contributed by atoms with Gasteiger partial charge in [0.2, 0.25) is 6.79 Å². The Labute approximate surface area is 218 Å². The van der Waals surface area contributed by atoms with Crippen LogP contribution in [0.5, 0.6) is 11.5 Å². The van der Waals surface area contributed by atoms with Crippen molar-refractivity contribution in [2.45, 2.75) is 63.4 Å². The van der Waals surface area contributed by atoms with E-state index in [2.05, 4.69) is 33.4 Å². The minimum Gasteiger partial charge on any atom is -0.459 e. The molecule has 0 aromatic heterocycles. The SMILES string of the molecule is CC1=C(C(=O)OC2CCCC2)[C@H](c2cc3c(cc2Br)OCO3)C2=C(C[C@@H](c3ccccc3)CC2=O)N1. The lowest BCUT2D eigenvalue weighted by Gasteiger charge is -2.37. The van der Waals surface area contributed by atoms with Crippen LogP contribution in [0.3, 0.4) is 0 Å². The first-order valence-corrected chi connectivity index (χ1v) is 13.4. The largest absolute Gasteiger partial charge is 0.459 e. The fraction of sp³-hybridized carbons (Fsp3) is 0.379. The summed E-state index contributed by atoms with van der Waals surface area (Å²) in [7, 11) is 0. The van der Waals surface area contributed by atoms with E-state index in [1.54, 1.807) is 0 Å². The molecule has 2 atom stereocenters. The number of rotatable bonds is 4. The van der Waals surface area contributed by atoms with Gasteiger partial charge in [-0.25, -0.2) is 4.79 Å². The predicted octanol–water partition coefficient (Wildman–Crippen LogP) is 6.03. The lowest BCUT2D eigenvalue weighted by Crippen LogP contribution is -2.36. The maximum Gasteiger partial charge on any atom is 0.337 e. The second kappa shape index (κ2) is 9.43. The molecule has 1 saturated carbocycles. The van der Waals surface area contributed by atoms with Crippen molar-refractivity contribution >= 4 is 27.7 Å². The van der Waals surface area contributed by atoms with Gasteiger partial charge in [0.15, 0.2) is 17.3 Å². The topological polar surface area (TPSA) is 73.9 Å². The molecule has 0 spiro atoms. The molecule has 0 saturated heterocycles. The summed E-state index contributed by atoms with van der Waals surface area (Å²) in [5.74, 6) is 0.481. The van der Waals surface area contributed by atoms with Gasteiger partial charge in [0, 0.05) is 33.8 Å². The highest BCUT2D eigenvalue weighted by Gasteiger charge is 2.43. The first-order valence-electron chi connectivity index (χ1n) is 12.6. The Morgan fingerprint density at radius 2 is 1.78 bits per heavy atom. The summed E-state index contributed by atoms with van der Waals surface area (Å²) >= 11 is 3.69. The Morgan fingerprint density at radius 3 is 2.53 bits per heavy atom. The van der Waals surface area contributed by atoms with Crippen molar-refractivity contribution in [3.63, 3.8) is 0 Å². The average molecular weight is 550 g/mol. The lowest BCUT2D eigenvalue weighted by molar-refractivity contribution is -0.144. The van der Waals surface area contributed by atoms with Gasteiger partial charge >= 0.3 is 5.97 Å². The maximum atomic E-state index is 13.8. The molecule has 4 aliphatic rings. The molecular weight excluding hydrogens is 522 g/mol. The fourth-order valence-corrected chi connectivity index (χ4v) is 6.51. The van der Waals surface area contributed by atoms with Crippen LogP contribution < -0.4 is 14.8 Å². The van der Waals surface area contributed by atoms with Crippen molar-refractivity contribution in [2.24, 2.45) is 0 Å². The van der Waals surface area contributed by atoms with Gasteiger partial charge in [-0.15, -0.1) is 0 Å². The van der Waals surface area contributed by atoms with Crippen molar-refractivity contribution < 1.29 is 23.8 Å². The lowest BCUT2D eigenvalue weighted by atomic mass is 9.71. The number of fused-ring (bicyclic) bond motifs is 1. The van der Waals surface area contributed by atoms with Gasteiger partial charge in [-0.2, -0.15) is 0 Å². The normalized spacial score (nSPS) is 23.6. The molecule has 1 N–H and O–H groups in total. The van der Waals surface area contributed by atoms with Gasteiger partial charge in [0.1, 0.15) is 6.10 Å². The highest BCUT2D eigenvalue weighted by molar-refractivity contribution is 9.10. The number of ether oxygens (including phenoxy) is 3. The number of hydrogen-bond donors (Lipinski definition) is 1. The van der Waals surface area contributed by atoms with Crippen molar-refractivity contribution in [3.8, 4) is 11.5 Å². The van der Waals surface area contributed by atoms with E-state index in [0.29, 0.717) is 35.5 Å². The zero-order valence-electron chi connectivity index (χ0n) is 20.1. The molecule has 2 heterocycles. The molecule has 36 heavy (non-hydrogen) atoms. The number of allylic oxidation sites excluding steroid dienone is 3. The van der Waals surface area contributed by atoms with Crippen LogP contribution in [0.1, 0.15) is 68.4 Å². The quantitative estimate of drug-likeness (QED) is 0.469. The van der Waals surface area contributed by atoms with E-state index < -0.39 is 5.92 Å². The molecule has 186 valence electrons. The van der Waals surface area contributed by atoms with Crippen LogP contribution in [-0.4, -0.2) is 24.6 Å². The Hall–Kier alpha value is -3.06. The van der Waals surface area contributed by atoms with Crippen LogP contribution in [0.15, 0.2) is 69.5 Å². The third kappa shape index (κ3) is 4.13. The molecule has 2 aliphatic heterocycles. The molecule has 1 fully saturated rings. The van der Waals surface area contributed by atoms with Crippen LogP contribution in [0, 0.1) is 0 Å². The van der Waals surface area contributed by atoms with Crippen LogP contribution in [-0.2, 0) is 14.3 Å². The Bertz CT molecular complexity index is 1290. The highest BCUT2D eigenvalue weighted by Crippen LogP contribution is 2.49. The molecule has 6 rings (SSSR count). The summed E-state index contributed by atoms with van der Waals surface area (Å²) in [6.07, 6.45) is 4.93. The number of carbonyl (C=O) groups is 2. The third-order valence-electron chi connectivity index (χ3n) is 7.70. The summed E-state index contributed by atoms with van der Waals surface area (Å²) in [5, 5.41) is 3.44. The van der Waals surface area contributed by atoms with Crippen molar-refractivity contribution in [3.05, 3.63) is 80.6 Å². The smallest absolute Gasteiger partial charge is 0.337 e. The Kier molecular flexibility index (Phi) is 6.12. The van der Waals surface area contributed by atoms with Crippen LogP contribution in [0.25, 0.3) is 0 Å². The molecule has 0 radical (unpaired) electrons. The predicted molar refractivity (Wildman–Crippen MR) is 138 cm³/mol. The zero-order valence-corrected chi connectivity index (χ0v) is 21.7. The van der Waals surface area contributed by atoms with Gasteiger partial charge in [0.05, 0.1) is 5.57 Å². The number of ketones is 1. The van der Waals surface area contributed by atoms with E-state index in [1.165, 1.54) is 0 Å². The second-order valence-electron chi connectivity index (χ2n) is 9.97. The Balaban J connectivity index is 1.44. The van der Waals surface area contributed by atoms with Crippen molar-refractivity contribution in [1.29, 1.82) is 0 Å². The second-order valence-corrected chi connectivity index (χ2v) is 10.8. The monoisotopic (exact) mass is 549 g/mol. The van der Waals surface area contributed by atoms with Crippen molar-refractivity contribution in [2.75, 3.05) is 6.79 Å². The molecule has 2 aromatic rings. The summed E-state index contributed by atoms with van der Waals surface area (Å²) < 4.78 is 17.9. The van der Waals surface area contributed by atoms with Crippen LogP contribution >= 0.6 is 15.9 Å². The molecule has 7 heteroatoms. The van der Waals surface area contributed by atoms with Gasteiger partial charge in [-0.3, -0.25) is 4.79 Å². The average Bonchev–Trinajstić information content (AvgIpc) is 3.54. The number of nitrogens with one attached hydrogen (secondary N) is 1. The van der Waals surface area contributed by atoms with E-state index in [0.717, 1.165) is 52.7 Å². The molecule has 2 aliphatic carbocycles. The zero-order chi connectivity index (χ0) is 24.8. The first kappa shape index (κ1) is 23.3. The molecule has 2 aromatic carbocycles. The summed E-state index contributed by atoms with van der Waals surface area (Å²) in [6, 6.07) is 13.9. The maximum absolute atomic E-state index is 13.8. The molecular formula is C29H28BrNO5. The summed E-state index contributed by atoms with van der Waals surface area (Å²) in [6.45, 7) is 2.05. The van der Waals surface area contributed by atoms with Crippen molar-refractivity contribution in [1.82, 2.24) is 5.32 Å². The minimum absolute atomic E-state index is 0.0471. The standard InChI is InChI=1S/C29H28BrNO5/c1-16-26(29(33)36-19-9-5-6-10-19)27(20-13-24-25(14-21(20)30)35-15-34-24)28-22(31-16)11-18(12-23(28)32)17-7-3-2-4-8-17/h2-4,7-8,13-14,18-19,27,31H,5-6,9-12,15H2,1H3/t18-,27+/m1/s1. The molecule has 0 unspecified atom stereocenters. The Morgan fingerprint density at radius 1 is 1.06 bits per heavy atom. The third-order valence-corrected chi connectivity index (χ3v) is 8.38. The number of benzene rings is 2. The molecule has 0 bridgehead atoms. The van der Waals surface area contributed by atoms with E-state index in [4.69, 9.17) is 14.2 Å². The number of carbonyl (C=O) groups excluding carboxylic acids is 2. The first-order chi connectivity index (χ1) is 17.5. The van der Waals surface area contributed by atoms with E-state index in [1.807, 2.05) is 37.3 Å². The summed E-state index contributed by atoms with van der Waals surface area (Å²) in [4.78, 5) is 27.5. The van der Waals surface area contributed by atoms with E-state index in [9.17, 15) is 9.59 Å². The molecule has 0 amide bonds.